The van der Waals surface area contributed by atoms with Gasteiger partial charge in [-0.15, -0.1) is 0 Å². The second-order valence-electron chi connectivity index (χ2n) is 7.92. The smallest absolute Gasteiger partial charge is 0.209 e. The van der Waals surface area contributed by atoms with Crippen LogP contribution in [0.3, 0.4) is 0 Å². The third-order valence-electron chi connectivity index (χ3n) is 5.81. The zero-order chi connectivity index (χ0) is 20.1. The Labute approximate surface area is 200 Å². The van der Waals surface area contributed by atoms with Gasteiger partial charge in [0.2, 0.25) is 10.0 Å². The Morgan fingerprint density at radius 2 is 2.00 bits per heavy atom. The topological polar surface area (TPSA) is 75.7 Å². The summed E-state index contributed by atoms with van der Waals surface area (Å²) in [5.74, 6) is 0.241. The molecule has 29 heavy (non-hydrogen) atoms. The molecule has 1 unspecified atom stereocenters. The number of hydrogen-bond donors (Lipinski definition) is 1. The molecule has 1 saturated carbocycles. The van der Waals surface area contributed by atoms with Gasteiger partial charge in [0.1, 0.15) is 0 Å². The summed E-state index contributed by atoms with van der Waals surface area (Å²) in [6.45, 7) is 4.46. The van der Waals surface area contributed by atoms with E-state index in [1.807, 2.05) is 12.1 Å². The maximum absolute atomic E-state index is 11.9. The molecule has 1 N–H and O–H groups in total. The van der Waals surface area contributed by atoms with Gasteiger partial charge in [-0.2, -0.15) is 35.9 Å². The van der Waals surface area contributed by atoms with Crippen LogP contribution in [0.25, 0.3) is 0 Å². The van der Waals surface area contributed by atoms with E-state index in [4.69, 9.17) is 4.74 Å². The molecule has 1 saturated heterocycles. The number of nitrogens with one attached hydrogen (secondary N) is 1. The quantitative estimate of drug-likeness (QED) is 0.615. The van der Waals surface area contributed by atoms with Gasteiger partial charge in [0.15, 0.2) is 0 Å². The molecule has 0 aromatic heterocycles. The zero-order valence-electron chi connectivity index (χ0n) is 17.0. The number of carbonyl (C=O) groups excluding carboxylic acids is 1. The molecule has 1 amide bonds. The Balaban J connectivity index is 0.00000300. The van der Waals surface area contributed by atoms with Gasteiger partial charge in [-0.3, -0.25) is 0 Å². The fraction of sp³-hybridized carbons (Fsp3) is 0.619. The second kappa shape index (κ2) is 11.2. The Kier molecular flexibility index (Phi) is 9.61. The standard InChI is InChI=1S/C21H30N2O4S.Y/c1-16(24)23-14-6-9-20(22-28(2,25)26)21(23)15-27-19-12-10-18(11-13-19)17-7-4-3-5-8-17;/h3-5,7,18-22H,1,6,9-15H2,2H3;/q-2;/t18?,19?,20-,21?;/m0./s1. The summed E-state index contributed by atoms with van der Waals surface area (Å²) < 4.78 is 32.3. The van der Waals surface area contributed by atoms with Crippen molar-refractivity contribution < 1.29 is 50.7 Å². The molecule has 0 spiro atoms. The summed E-state index contributed by atoms with van der Waals surface area (Å²) in [5.41, 5.74) is 1.26. The first-order valence-corrected chi connectivity index (χ1v) is 11.9. The van der Waals surface area contributed by atoms with Crippen LogP contribution in [0.4, 0.5) is 0 Å². The molecule has 1 aromatic rings. The minimum Gasteiger partial charge on any atom is -0.376 e. The van der Waals surface area contributed by atoms with Crippen LogP contribution in [0, 0.1) is 13.0 Å². The summed E-state index contributed by atoms with van der Waals surface area (Å²) in [6.07, 6.45) is 6.77. The van der Waals surface area contributed by atoms with E-state index in [-0.39, 0.29) is 56.8 Å². The number of benzene rings is 1. The van der Waals surface area contributed by atoms with Crippen molar-refractivity contribution in [2.45, 2.75) is 62.6 Å². The van der Waals surface area contributed by atoms with E-state index < -0.39 is 10.0 Å². The molecule has 2 aliphatic rings. The number of hydrogen-bond acceptors (Lipinski definition) is 4. The molecule has 1 aromatic carbocycles. The third-order valence-corrected chi connectivity index (χ3v) is 6.55. The van der Waals surface area contributed by atoms with Gasteiger partial charge >= 0.3 is 0 Å². The molecule has 3 rings (SSSR count). The van der Waals surface area contributed by atoms with Gasteiger partial charge in [-0.05, 0) is 44.4 Å². The van der Waals surface area contributed by atoms with Crippen LogP contribution in [0.15, 0.2) is 24.3 Å². The number of rotatable bonds is 6. The number of nitrogens with zero attached hydrogens (tertiary/aromatic N) is 1. The average molecular weight is 495 g/mol. The van der Waals surface area contributed by atoms with Crippen LogP contribution in [-0.2, 0) is 52.3 Å². The largest absolute Gasteiger partial charge is 0.376 e. The fourth-order valence-electron chi connectivity index (χ4n) is 4.42. The fourth-order valence-corrected chi connectivity index (χ4v) is 5.25. The molecule has 6 nitrogen and oxygen atoms in total. The third kappa shape index (κ3) is 7.32. The Hall–Kier alpha value is -0.466. The summed E-state index contributed by atoms with van der Waals surface area (Å²) in [5, 5.41) is 0. The molecule has 1 radical (unpaired) electrons. The second-order valence-corrected chi connectivity index (χ2v) is 9.70. The molecule has 2 fully saturated rings. The molecule has 8 heteroatoms. The van der Waals surface area contributed by atoms with Crippen molar-refractivity contribution in [2.24, 2.45) is 0 Å². The van der Waals surface area contributed by atoms with Crippen molar-refractivity contribution in [3.63, 3.8) is 0 Å². The van der Waals surface area contributed by atoms with Crippen molar-refractivity contribution in [3.05, 3.63) is 42.8 Å². The summed E-state index contributed by atoms with van der Waals surface area (Å²) in [6, 6.07) is 10.8. The maximum Gasteiger partial charge on any atom is 0.209 e. The first kappa shape index (κ1) is 24.8. The van der Waals surface area contributed by atoms with Gasteiger partial charge < -0.3 is 21.4 Å². The number of likely N-dealkylation sites (tertiary alicyclic amines) is 1. The minimum atomic E-state index is -3.35. The molecular weight excluding hydrogens is 465 g/mol. The summed E-state index contributed by atoms with van der Waals surface area (Å²) in [7, 11) is -3.35. The van der Waals surface area contributed by atoms with E-state index in [9.17, 15) is 13.2 Å². The molecular formula is C21H30N2O4SY-2. The van der Waals surface area contributed by atoms with Crippen molar-refractivity contribution >= 4 is 15.9 Å². The number of sulfonamides is 1. The molecule has 1 aliphatic heterocycles. The van der Waals surface area contributed by atoms with Gasteiger partial charge in [0.25, 0.3) is 0 Å². The molecule has 0 bridgehead atoms. The van der Waals surface area contributed by atoms with Crippen LogP contribution in [0.1, 0.15) is 50.0 Å². The van der Waals surface area contributed by atoms with Crippen molar-refractivity contribution in [3.8, 4) is 0 Å². The Morgan fingerprint density at radius 3 is 2.59 bits per heavy atom. The summed E-state index contributed by atoms with van der Waals surface area (Å²) in [4.78, 5) is 13.6. The van der Waals surface area contributed by atoms with Crippen LogP contribution in [0.2, 0.25) is 0 Å². The molecule has 1 heterocycles. The molecule has 159 valence electrons. The van der Waals surface area contributed by atoms with Gasteiger partial charge in [0.05, 0.1) is 30.9 Å². The van der Waals surface area contributed by atoms with Gasteiger partial charge in [-0.1, -0.05) is 0 Å². The van der Waals surface area contributed by atoms with Crippen molar-refractivity contribution in [2.75, 3.05) is 19.4 Å². The Morgan fingerprint density at radius 1 is 1.28 bits per heavy atom. The van der Waals surface area contributed by atoms with Crippen LogP contribution < -0.4 is 4.72 Å². The van der Waals surface area contributed by atoms with E-state index in [1.165, 1.54) is 5.56 Å². The first-order valence-electron chi connectivity index (χ1n) is 10.0. The van der Waals surface area contributed by atoms with Crippen molar-refractivity contribution in [1.29, 1.82) is 0 Å². The molecule has 2 atom stereocenters. The van der Waals surface area contributed by atoms with E-state index in [1.54, 1.807) is 4.90 Å². The van der Waals surface area contributed by atoms with Gasteiger partial charge in [0, 0.05) is 45.3 Å². The van der Waals surface area contributed by atoms with E-state index >= 15 is 0 Å². The van der Waals surface area contributed by atoms with Crippen LogP contribution in [-0.4, -0.2) is 56.8 Å². The predicted octanol–water partition coefficient (Wildman–Crippen LogP) is 2.27. The predicted molar refractivity (Wildman–Crippen MR) is 108 cm³/mol. The van der Waals surface area contributed by atoms with Crippen LogP contribution in [0.5, 0.6) is 0 Å². The number of ether oxygens (including phenoxy) is 1. The normalized spacial score (nSPS) is 27.8. The van der Waals surface area contributed by atoms with Crippen molar-refractivity contribution in [1.82, 2.24) is 9.62 Å². The van der Waals surface area contributed by atoms with Gasteiger partial charge in [-0.25, -0.2) is 13.1 Å². The zero-order valence-corrected chi connectivity index (χ0v) is 20.7. The SMILES string of the molecule is [CH2-]C(=O)N1CCC[C@H](NS(C)(=O)=O)C1COC1CCC(c2[c-]cccc2)CC1.[Y]. The monoisotopic (exact) mass is 495 g/mol. The minimum absolute atomic E-state index is 0. The van der Waals surface area contributed by atoms with Crippen LogP contribution >= 0.6 is 0 Å². The van der Waals surface area contributed by atoms with E-state index in [0.717, 1.165) is 38.4 Å². The number of carbonyl (C=O) groups is 1. The Bertz CT molecular complexity index is 751. The number of amides is 1. The van der Waals surface area contributed by atoms with E-state index in [0.29, 0.717) is 25.5 Å². The molecule has 1 aliphatic carbocycles. The maximum atomic E-state index is 11.9. The average Bonchev–Trinajstić information content (AvgIpc) is 2.66. The first-order chi connectivity index (χ1) is 13.3. The van der Waals surface area contributed by atoms with E-state index in [2.05, 4.69) is 29.8 Å². The number of piperidine rings is 1. The summed E-state index contributed by atoms with van der Waals surface area (Å²) >= 11 is 0.